The highest BCUT2D eigenvalue weighted by atomic mass is 19.4. The number of fused-ring (bicyclic) bond motifs is 2. The average molecular weight is 1170 g/mol. The van der Waals surface area contributed by atoms with E-state index in [4.69, 9.17) is 11.5 Å². The van der Waals surface area contributed by atoms with Crippen molar-refractivity contribution in [2.45, 2.75) is 109 Å². The first-order chi connectivity index (χ1) is 38.2. The molecule has 2 fully saturated rings. The molecule has 3 aromatic rings. The predicted molar refractivity (Wildman–Crippen MR) is 280 cm³/mol. The first-order valence-electron chi connectivity index (χ1n) is 25.0. The predicted octanol–water partition coefficient (Wildman–Crippen LogP) is 5.96. The van der Waals surface area contributed by atoms with Crippen LogP contribution in [0.25, 0.3) is 5.57 Å². The molecule has 0 aliphatic carbocycles. The van der Waals surface area contributed by atoms with Crippen LogP contribution in [0, 0.1) is 34.3 Å². The second-order valence-electron chi connectivity index (χ2n) is 20.3. The highest BCUT2D eigenvalue weighted by Gasteiger charge is 2.57. The van der Waals surface area contributed by atoms with E-state index < -0.39 is 108 Å². The first kappa shape index (κ1) is 66.6. The van der Waals surface area contributed by atoms with E-state index >= 15 is 8.78 Å². The summed E-state index contributed by atoms with van der Waals surface area (Å²) in [5.41, 5.74) is 5.76. The van der Waals surface area contributed by atoms with Crippen molar-refractivity contribution in [2.75, 3.05) is 52.8 Å². The summed E-state index contributed by atoms with van der Waals surface area (Å²) in [6, 6.07) is 6.75. The van der Waals surface area contributed by atoms with E-state index in [2.05, 4.69) is 46.8 Å². The fourth-order valence-electron chi connectivity index (χ4n) is 8.59. The molecule has 6 atom stereocenters. The highest BCUT2D eigenvalue weighted by Crippen LogP contribution is 2.42. The van der Waals surface area contributed by atoms with Gasteiger partial charge in [0.2, 0.25) is 11.8 Å². The van der Waals surface area contributed by atoms with Crippen LogP contribution in [0.3, 0.4) is 0 Å². The number of carbonyl (C=O) groups is 5. The Balaban J connectivity index is 0.000000782. The van der Waals surface area contributed by atoms with Crippen molar-refractivity contribution >= 4 is 47.6 Å². The standard InChI is InChI=1S/C45H52F7N9O5.C8H13F3N2O3/c1-44(2,45(50,51)52)39(58-42(64)66-5)40(63)57-36(37(62)23-54-22-33-34(46)17-29(18-35(33)47)30(19-53)21-56-41(48)49)16-27-9-6-26(7-10-27)8-11-28-12-15-38(55-20-28)60-24-31-13-14-32(25-60)61(31)43(65)59(3)4;1-7(2,8(9,10)11)4(5(12)14)13-6(15)16-3/h6-7,9-10,12,15,17-21,31-32,36-37,39,41,54,62H,13-14,16,22-25,53H2,1-5H3,(H,57,63)(H,58,64);4H,1-3H3,(H2,12,14)(H,13,15)/t31?,32?,36-,37-,39+;4-/m01/s1. The Morgan fingerprint density at radius 3 is 1.80 bits per heavy atom. The van der Waals surface area contributed by atoms with Crippen molar-refractivity contribution in [1.29, 1.82) is 0 Å². The van der Waals surface area contributed by atoms with Gasteiger partial charge in [0.1, 0.15) is 29.5 Å². The third kappa shape index (κ3) is 17.3. The molecule has 2 aliphatic rings. The number of halogens is 10. The minimum absolute atomic E-state index is 0.00860. The SMILES string of the molecule is COC(=O)N[C@H](C(=O)N[C@@H](Cc1ccc(C#Cc2ccc(N3CC4CCC(C3)N4C(=O)N(C)C)nc2)cc1)[C@@H](O)CNCc1c(F)cc(C(C=NC(F)F)=CN)cc1F)C(C)(C)C(F)(F)F.COC(=O)N[C@H](C(N)=O)C(C)(C)C(F)(F)F. The van der Waals surface area contributed by atoms with Crippen LogP contribution in [0.1, 0.15) is 68.4 Å². The molecule has 5 rings (SSSR count). The van der Waals surface area contributed by atoms with Gasteiger partial charge in [-0.05, 0) is 94.5 Å². The maximum Gasteiger partial charge on any atom is 0.407 e. The number of aliphatic hydroxyl groups is 1. The molecule has 2 bridgehead atoms. The number of amides is 6. The molecule has 2 unspecified atom stereocenters. The van der Waals surface area contributed by atoms with Crippen LogP contribution in [-0.2, 0) is 32.0 Å². The number of pyridine rings is 1. The van der Waals surface area contributed by atoms with E-state index in [1.54, 1.807) is 54.8 Å². The van der Waals surface area contributed by atoms with Crippen LogP contribution >= 0.6 is 0 Å². The van der Waals surface area contributed by atoms with Gasteiger partial charge < -0.3 is 62.0 Å². The zero-order valence-electron chi connectivity index (χ0n) is 45.8. The number of carbonyl (C=O) groups excluding carboxylic acids is 5. The molecule has 2 aromatic carbocycles. The number of aromatic nitrogens is 1. The number of methoxy groups -OCH3 is 2. The van der Waals surface area contributed by atoms with Crippen molar-refractivity contribution in [3.05, 3.63) is 100 Å². The van der Waals surface area contributed by atoms with Crippen LogP contribution < -0.4 is 37.6 Å². The number of nitrogens with zero attached hydrogens (tertiary/aromatic N) is 5. The monoisotopic (exact) mass is 1170 g/mol. The van der Waals surface area contributed by atoms with E-state index in [0.29, 0.717) is 49.8 Å². The quantitative estimate of drug-likeness (QED) is 0.0337. The van der Waals surface area contributed by atoms with Crippen molar-refractivity contribution in [2.24, 2.45) is 27.3 Å². The number of ether oxygens (including phenoxy) is 2. The lowest BCUT2D eigenvalue weighted by Gasteiger charge is -2.42. The van der Waals surface area contributed by atoms with Gasteiger partial charge in [0, 0.05) is 81.1 Å². The normalized spacial score (nSPS) is 17.1. The van der Waals surface area contributed by atoms with Gasteiger partial charge in [-0.15, -0.1) is 0 Å². The van der Waals surface area contributed by atoms with Gasteiger partial charge >= 0.3 is 37.1 Å². The summed E-state index contributed by atoms with van der Waals surface area (Å²) in [6.07, 6.45) is -8.91. The largest absolute Gasteiger partial charge is 0.453 e. The molecule has 82 heavy (non-hydrogen) atoms. The number of hydrogen-bond acceptors (Lipinski definition) is 13. The maximum absolute atomic E-state index is 15.1. The van der Waals surface area contributed by atoms with Gasteiger partial charge in [0.05, 0.1) is 49.3 Å². The fraction of sp³-hybridized carbons (Fsp3) is 0.491. The number of rotatable bonds is 18. The van der Waals surface area contributed by atoms with Gasteiger partial charge in [0.15, 0.2) is 0 Å². The number of aliphatic imine (C=N–C) groups is 1. The maximum atomic E-state index is 15.1. The lowest BCUT2D eigenvalue weighted by atomic mass is 9.82. The highest BCUT2D eigenvalue weighted by molar-refractivity contribution is 6.09. The number of alkyl halides is 8. The molecule has 1 aromatic heterocycles. The number of aliphatic hydroxyl groups excluding tert-OH is 1. The smallest absolute Gasteiger partial charge is 0.407 e. The Labute approximate surface area is 466 Å². The van der Waals surface area contributed by atoms with E-state index in [1.807, 2.05) is 22.3 Å². The van der Waals surface area contributed by atoms with Crippen molar-refractivity contribution < 1.29 is 82.5 Å². The number of allylic oxidation sites excluding steroid dienone is 1. The number of alkyl carbamates (subject to hydrolysis) is 2. The number of nitrogens with one attached hydrogen (secondary N) is 4. The molecule has 29 heteroatoms. The topological polar surface area (TPSA) is 259 Å². The molecule has 450 valence electrons. The summed E-state index contributed by atoms with van der Waals surface area (Å²) < 4.78 is 144. The third-order valence-corrected chi connectivity index (χ3v) is 13.7. The second-order valence-corrected chi connectivity index (χ2v) is 20.3. The van der Waals surface area contributed by atoms with Crippen LogP contribution in [0.2, 0.25) is 0 Å². The number of anilines is 1. The Bertz CT molecular complexity index is 2800. The molecular formula is C53H65F10N11O8. The third-order valence-electron chi connectivity index (χ3n) is 13.7. The molecule has 0 saturated carbocycles. The summed E-state index contributed by atoms with van der Waals surface area (Å²) in [7, 11) is 5.37. The molecule has 19 nitrogen and oxygen atoms in total. The van der Waals surface area contributed by atoms with Crippen molar-refractivity contribution in [3.8, 4) is 11.8 Å². The number of primary amides is 1. The number of piperazine rings is 1. The lowest BCUT2D eigenvalue weighted by Crippen LogP contribution is -2.62. The summed E-state index contributed by atoms with van der Waals surface area (Å²) in [5.74, 6) is 2.09. The first-order valence-corrected chi connectivity index (χ1v) is 25.0. The van der Waals surface area contributed by atoms with Gasteiger partial charge in [-0.1, -0.05) is 24.0 Å². The van der Waals surface area contributed by atoms with Crippen LogP contribution in [-0.4, -0.2) is 159 Å². The van der Waals surface area contributed by atoms with E-state index in [-0.39, 0.29) is 35.7 Å². The van der Waals surface area contributed by atoms with Gasteiger partial charge in [-0.2, -0.15) is 35.1 Å². The molecule has 6 amide bonds. The molecular weight excluding hydrogens is 1110 g/mol. The zero-order valence-corrected chi connectivity index (χ0v) is 45.8. The van der Waals surface area contributed by atoms with Crippen LogP contribution in [0.4, 0.5) is 64.1 Å². The van der Waals surface area contributed by atoms with E-state index in [9.17, 15) is 64.2 Å². The summed E-state index contributed by atoms with van der Waals surface area (Å²) in [6.45, 7) is 0.208. The number of hydrogen-bond donors (Lipinski definition) is 7. The average Bonchev–Trinajstić information content (AvgIpc) is 3.69. The Kier molecular flexibility index (Phi) is 22.9. The van der Waals surface area contributed by atoms with Crippen LogP contribution in [0.5, 0.6) is 0 Å². The van der Waals surface area contributed by atoms with E-state index in [1.165, 1.54) is 0 Å². The second kappa shape index (κ2) is 28.2. The minimum atomic E-state index is -5.00. The Hall–Kier alpha value is -7.87. The Morgan fingerprint density at radius 1 is 0.829 bits per heavy atom. The number of urea groups is 1. The van der Waals surface area contributed by atoms with Crippen molar-refractivity contribution in [1.82, 2.24) is 36.1 Å². The fourth-order valence-corrected chi connectivity index (χ4v) is 8.59. The lowest BCUT2D eigenvalue weighted by molar-refractivity contribution is -0.220. The summed E-state index contributed by atoms with van der Waals surface area (Å²) in [4.78, 5) is 73.4. The van der Waals surface area contributed by atoms with Gasteiger partial charge in [0.25, 0.3) is 0 Å². The molecule has 0 radical (unpaired) electrons. The zero-order chi connectivity index (χ0) is 61.7. The minimum Gasteiger partial charge on any atom is -0.453 e. The summed E-state index contributed by atoms with van der Waals surface area (Å²) >= 11 is 0. The van der Waals surface area contributed by atoms with Crippen molar-refractivity contribution in [3.63, 3.8) is 0 Å². The molecule has 9 N–H and O–H groups in total. The van der Waals surface area contributed by atoms with Crippen LogP contribution in [0.15, 0.2) is 65.9 Å². The summed E-state index contributed by atoms with van der Waals surface area (Å²) in [5, 5.41) is 20.1. The molecule has 0 spiro atoms. The number of nitrogens with two attached hydrogens (primary N) is 2. The van der Waals surface area contributed by atoms with Gasteiger partial charge in [-0.3, -0.25) is 9.59 Å². The molecule has 3 heterocycles. The number of benzene rings is 2. The molecule has 2 aliphatic heterocycles. The molecule has 2 saturated heterocycles. The Morgan fingerprint density at radius 2 is 1.34 bits per heavy atom. The van der Waals surface area contributed by atoms with Gasteiger partial charge in [-0.25, -0.2) is 33.1 Å². The van der Waals surface area contributed by atoms with E-state index in [0.717, 1.165) is 65.1 Å².